The molecule has 0 spiro atoms. The van der Waals surface area contributed by atoms with E-state index < -0.39 is 22.5 Å². The lowest BCUT2D eigenvalue weighted by molar-refractivity contribution is -0.990. The highest BCUT2D eigenvalue weighted by molar-refractivity contribution is 6.24. The van der Waals surface area contributed by atoms with E-state index in [2.05, 4.69) is 31.2 Å². The number of rotatable bonds is 2. The molecule has 0 aromatic heterocycles. The standard InChI is InChI=1S/C25H20N2O4/c1-25-16-10-4-2-8-14(16)20(15-9-3-5-11-17(15)25)21-22(25)24(29)26(23(21)28)18-12-6-7-13-19(18)27(30)31/h2-13,20-22,27,30H,1H3/t20?,21-,22-,25?/m1/s1. The van der Waals surface area contributed by atoms with Crippen molar-refractivity contribution >= 4 is 23.2 Å². The minimum atomic E-state index is -1.16. The van der Waals surface area contributed by atoms with E-state index in [1.165, 1.54) is 6.07 Å². The second kappa shape index (κ2) is 6.11. The van der Waals surface area contributed by atoms with E-state index in [4.69, 9.17) is 0 Å². The van der Waals surface area contributed by atoms with Crippen LogP contribution in [0.3, 0.4) is 0 Å². The van der Waals surface area contributed by atoms with Crippen molar-refractivity contribution in [3.8, 4) is 0 Å². The van der Waals surface area contributed by atoms with Gasteiger partial charge in [0.05, 0.1) is 11.8 Å². The van der Waals surface area contributed by atoms with Crippen LogP contribution < -0.4 is 10.1 Å². The van der Waals surface area contributed by atoms with Gasteiger partial charge in [0.15, 0.2) is 5.69 Å². The number of carbonyl (C=O) groups is 2. The van der Waals surface area contributed by atoms with Gasteiger partial charge in [-0.3, -0.25) is 9.59 Å². The summed E-state index contributed by atoms with van der Waals surface area (Å²) in [5, 5.41) is 20.3. The summed E-state index contributed by atoms with van der Waals surface area (Å²) in [6, 6.07) is 22.3. The molecule has 1 fully saturated rings. The first-order valence-corrected chi connectivity index (χ1v) is 10.3. The quantitative estimate of drug-likeness (QED) is 0.501. The van der Waals surface area contributed by atoms with Gasteiger partial charge in [-0.25, -0.2) is 10.1 Å². The maximum absolute atomic E-state index is 13.9. The number of anilines is 1. The molecule has 3 aliphatic carbocycles. The summed E-state index contributed by atoms with van der Waals surface area (Å²) in [5.74, 6) is -1.98. The fourth-order valence-corrected chi connectivity index (χ4v) is 6.24. The minimum absolute atomic E-state index is 0.0459. The first-order chi connectivity index (χ1) is 15.0. The third-order valence-electron chi connectivity index (χ3n) is 7.42. The van der Waals surface area contributed by atoms with E-state index >= 15 is 0 Å². The Morgan fingerprint density at radius 1 is 0.871 bits per heavy atom. The van der Waals surface area contributed by atoms with Crippen LogP contribution in [0.15, 0.2) is 72.8 Å². The number of benzene rings is 3. The van der Waals surface area contributed by atoms with Crippen molar-refractivity contribution in [3.63, 3.8) is 0 Å². The molecule has 7 rings (SSSR count). The number of hydrogen-bond donors (Lipinski definition) is 2. The molecule has 1 saturated heterocycles. The smallest absolute Gasteiger partial charge is 0.239 e. The van der Waals surface area contributed by atoms with E-state index in [9.17, 15) is 20.0 Å². The molecule has 1 heterocycles. The maximum Gasteiger partial charge on any atom is 0.239 e. The first-order valence-electron chi connectivity index (χ1n) is 10.3. The number of imide groups is 1. The third kappa shape index (κ3) is 2.11. The fraction of sp³-hybridized carbons (Fsp3) is 0.200. The number of hydrogen-bond acceptors (Lipinski definition) is 4. The topological polar surface area (TPSA) is 85.1 Å². The molecule has 2 N–H and O–H groups in total. The number of quaternary nitrogens is 1. The molecule has 3 aromatic carbocycles. The van der Waals surface area contributed by atoms with Gasteiger partial charge in [0.1, 0.15) is 5.69 Å². The molecule has 3 aromatic rings. The number of nitrogens with one attached hydrogen (secondary N) is 1. The number of para-hydroxylation sites is 2. The van der Waals surface area contributed by atoms with Crippen molar-refractivity contribution in [1.82, 2.24) is 0 Å². The summed E-state index contributed by atoms with van der Waals surface area (Å²) in [4.78, 5) is 28.8. The molecule has 31 heavy (non-hydrogen) atoms. The van der Waals surface area contributed by atoms with Gasteiger partial charge >= 0.3 is 0 Å². The first kappa shape index (κ1) is 18.4. The Kier molecular flexibility index (Phi) is 3.63. The highest BCUT2D eigenvalue weighted by Gasteiger charge is 2.66. The van der Waals surface area contributed by atoms with Crippen molar-refractivity contribution in [1.29, 1.82) is 0 Å². The molecule has 2 bridgehead atoms. The average molecular weight is 412 g/mol. The van der Waals surface area contributed by atoms with Crippen molar-refractivity contribution in [2.45, 2.75) is 18.3 Å². The van der Waals surface area contributed by atoms with Crippen LogP contribution in [0.4, 0.5) is 11.4 Å². The molecule has 0 radical (unpaired) electrons. The summed E-state index contributed by atoms with van der Waals surface area (Å²) < 4.78 is 0. The number of nitrogens with zero attached hydrogens (tertiary/aromatic N) is 1. The molecule has 154 valence electrons. The van der Waals surface area contributed by atoms with E-state index in [-0.39, 0.29) is 29.1 Å². The monoisotopic (exact) mass is 412 g/mol. The highest BCUT2D eigenvalue weighted by Crippen LogP contribution is 2.64. The molecular formula is C25H20N2O4. The zero-order valence-corrected chi connectivity index (χ0v) is 16.8. The Bertz CT molecular complexity index is 1220. The van der Waals surface area contributed by atoms with Gasteiger partial charge in [0.25, 0.3) is 0 Å². The van der Waals surface area contributed by atoms with Gasteiger partial charge in [-0.15, -0.1) is 0 Å². The van der Waals surface area contributed by atoms with Gasteiger partial charge in [0.2, 0.25) is 11.8 Å². The van der Waals surface area contributed by atoms with E-state index in [0.29, 0.717) is 0 Å². The lowest BCUT2D eigenvalue weighted by Gasteiger charge is -2.52. The largest absolute Gasteiger partial charge is 0.595 e. The van der Waals surface area contributed by atoms with Gasteiger partial charge in [-0.05, 0) is 28.3 Å². The van der Waals surface area contributed by atoms with Crippen LogP contribution >= 0.6 is 0 Å². The minimum Gasteiger partial charge on any atom is -0.595 e. The lowest BCUT2D eigenvalue weighted by Crippen LogP contribution is -2.99. The molecule has 6 nitrogen and oxygen atoms in total. The van der Waals surface area contributed by atoms with Gasteiger partial charge in [-0.1, -0.05) is 67.6 Å². The molecule has 4 aliphatic rings. The molecular weight excluding hydrogens is 392 g/mol. The van der Waals surface area contributed by atoms with Crippen LogP contribution in [-0.4, -0.2) is 17.0 Å². The van der Waals surface area contributed by atoms with Crippen LogP contribution in [0.25, 0.3) is 0 Å². The van der Waals surface area contributed by atoms with Crippen molar-refractivity contribution in [2.75, 3.05) is 4.90 Å². The predicted octanol–water partition coefficient (Wildman–Crippen LogP) is 2.66. The Morgan fingerprint density at radius 2 is 1.42 bits per heavy atom. The van der Waals surface area contributed by atoms with Crippen LogP contribution in [0.1, 0.15) is 35.1 Å². The number of carbonyl (C=O) groups excluding carboxylic acids is 2. The van der Waals surface area contributed by atoms with Crippen LogP contribution in [0.5, 0.6) is 0 Å². The Labute approximate surface area is 178 Å². The molecule has 2 amide bonds. The van der Waals surface area contributed by atoms with Gasteiger partial charge < -0.3 is 5.21 Å². The van der Waals surface area contributed by atoms with E-state index in [1.54, 1.807) is 18.2 Å². The maximum atomic E-state index is 13.9. The third-order valence-corrected chi connectivity index (χ3v) is 7.42. The zero-order chi connectivity index (χ0) is 21.5. The fourth-order valence-electron chi connectivity index (χ4n) is 6.24. The number of amides is 2. The van der Waals surface area contributed by atoms with E-state index in [0.717, 1.165) is 27.2 Å². The lowest BCUT2D eigenvalue weighted by atomic mass is 9.48. The Balaban J connectivity index is 1.61. The molecule has 1 unspecified atom stereocenters. The Morgan fingerprint density at radius 3 is 2.03 bits per heavy atom. The summed E-state index contributed by atoms with van der Waals surface area (Å²) in [6.07, 6.45) is 0. The highest BCUT2D eigenvalue weighted by atomic mass is 16.8. The second-order valence-corrected chi connectivity index (χ2v) is 8.69. The predicted molar refractivity (Wildman–Crippen MR) is 113 cm³/mol. The summed E-state index contributed by atoms with van der Waals surface area (Å²) in [5.41, 5.74) is 3.76. The summed E-state index contributed by atoms with van der Waals surface area (Å²) >= 11 is 0. The molecule has 6 heteroatoms. The molecule has 3 atom stereocenters. The summed E-state index contributed by atoms with van der Waals surface area (Å²) in [7, 11) is 0. The van der Waals surface area contributed by atoms with Gasteiger partial charge in [-0.2, -0.15) is 5.23 Å². The normalized spacial score (nSPS) is 28.9. The SMILES string of the molecule is CC12c3ccccc3C(c3ccccc31)[C@H]1C(=O)N(c3ccccc3[NH+]([O-])O)C(=O)[C@@H]12. The molecule has 0 saturated carbocycles. The summed E-state index contributed by atoms with van der Waals surface area (Å²) in [6.45, 7) is 2.05. The molecule has 1 aliphatic heterocycles. The van der Waals surface area contributed by atoms with Crippen LogP contribution in [-0.2, 0) is 15.0 Å². The Hall–Kier alpha value is -3.32. The second-order valence-electron chi connectivity index (χ2n) is 8.69. The van der Waals surface area contributed by atoms with Crippen molar-refractivity contribution in [3.05, 3.63) is 100 Å². The van der Waals surface area contributed by atoms with Crippen molar-refractivity contribution in [2.24, 2.45) is 11.8 Å². The van der Waals surface area contributed by atoms with Gasteiger partial charge in [0, 0.05) is 17.4 Å². The van der Waals surface area contributed by atoms with Crippen LogP contribution in [0, 0.1) is 17.0 Å². The van der Waals surface area contributed by atoms with Crippen LogP contribution in [0.2, 0.25) is 0 Å². The average Bonchev–Trinajstić information content (AvgIpc) is 3.05. The van der Waals surface area contributed by atoms with Crippen molar-refractivity contribution < 1.29 is 20.0 Å². The van der Waals surface area contributed by atoms with E-state index in [1.807, 2.05) is 24.3 Å². The zero-order valence-electron chi connectivity index (χ0n) is 16.8.